The fraction of sp³-hybridized carbons (Fsp3) is 0.0625. The van der Waals surface area contributed by atoms with Crippen molar-refractivity contribution in [3.63, 3.8) is 0 Å². The van der Waals surface area contributed by atoms with Crippen molar-refractivity contribution in [1.29, 1.82) is 0 Å². The van der Waals surface area contributed by atoms with Gasteiger partial charge in [-0.1, -0.05) is 12.1 Å². The van der Waals surface area contributed by atoms with Gasteiger partial charge in [0, 0.05) is 17.0 Å². The first-order valence-electron chi connectivity index (χ1n) is 5.93. The van der Waals surface area contributed by atoms with Crippen LogP contribution in [0.1, 0.15) is 11.3 Å². The highest BCUT2D eigenvalue weighted by molar-refractivity contribution is 5.79. The Morgan fingerprint density at radius 1 is 1.06 bits per heavy atom. The van der Waals surface area contributed by atoms with Gasteiger partial charge in [0.2, 0.25) is 5.52 Å². The van der Waals surface area contributed by atoms with Gasteiger partial charge in [-0.3, -0.25) is 0 Å². The summed E-state index contributed by atoms with van der Waals surface area (Å²) in [5.41, 5.74) is 2.39. The van der Waals surface area contributed by atoms with Crippen LogP contribution in [-0.4, -0.2) is 0 Å². The molecule has 0 aliphatic heterocycles. The summed E-state index contributed by atoms with van der Waals surface area (Å²) in [4.78, 5) is 0. The predicted octanol–water partition coefficient (Wildman–Crippen LogP) is 3.43. The molecule has 3 rings (SSSR count). The van der Waals surface area contributed by atoms with Crippen LogP contribution < -0.4 is 4.57 Å². The molecular weight excluding hydrogens is 222 g/mol. The minimum absolute atomic E-state index is 0.866. The summed E-state index contributed by atoms with van der Waals surface area (Å²) in [6.07, 6.45) is 7.83. The lowest BCUT2D eigenvalue weighted by atomic mass is 10.1. The minimum atomic E-state index is 0.866. The van der Waals surface area contributed by atoms with Crippen molar-refractivity contribution in [2.24, 2.45) is 7.05 Å². The van der Waals surface area contributed by atoms with Gasteiger partial charge in [-0.25, -0.2) is 4.57 Å². The molecule has 3 aromatic rings. The van der Waals surface area contributed by atoms with Gasteiger partial charge in [-0.05, 0) is 36.4 Å². The topological polar surface area (TPSA) is 17.0 Å². The lowest BCUT2D eigenvalue weighted by Crippen LogP contribution is -2.28. The number of furan rings is 1. The summed E-state index contributed by atoms with van der Waals surface area (Å²) < 4.78 is 7.42. The van der Waals surface area contributed by atoms with Gasteiger partial charge in [0.25, 0.3) is 0 Å². The lowest BCUT2D eigenvalue weighted by molar-refractivity contribution is -0.645. The SMILES string of the molecule is C[n+]1cc(/C=C/c2ccco2)cc2ccccc21. The van der Waals surface area contributed by atoms with Crippen molar-refractivity contribution >= 4 is 23.1 Å². The van der Waals surface area contributed by atoms with E-state index in [0.717, 1.165) is 11.3 Å². The van der Waals surface area contributed by atoms with Crippen LogP contribution in [0.3, 0.4) is 0 Å². The van der Waals surface area contributed by atoms with E-state index in [-0.39, 0.29) is 0 Å². The summed E-state index contributed by atoms with van der Waals surface area (Å²) in [5.74, 6) is 0.866. The molecule has 0 radical (unpaired) electrons. The molecule has 0 amide bonds. The van der Waals surface area contributed by atoms with Crippen LogP contribution >= 0.6 is 0 Å². The van der Waals surface area contributed by atoms with E-state index in [1.54, 1.807) is 6.26 Å². The molecule has 18 heavy (non-hydrogen) atoms. The molecule has 0 aliphatic rings. The van der Waals surface area contributed by atoms with Gasteiger partial charge in [0.15, 0.2) is 6.20 Å². The largest absolute Gasteiger partial charge is 0.465 e. The highest BCUT2D eigenvalue weighted by atomic mass is 16.3. The van der Waals surface area contributed by atoms with E-state index < -0.39 is 0 Å². The molecule has 2 aromatic heterocycles. The monoisotopic (exact) mass is 236 g/mol. The van der Waals surface area contributed by atoms with Crippen LogP contribution in [-0.2, 0) is 7.05 Å². The van der Waals surface area contributed by atoms with Crippen molar-refractivity contribution in [2.75, 3.05) is 0 Å². The quantitative estimate of drug-likeness (QED) is 0.623. The van der Waals surface area contributed by atoms with Crippen molar-refractivity contribution < 1.29 is 8.98 Å². The Kier molecular flexibility index (Phi) is 2.69. The maximum atomic E-state index is 5.28. The van der Waals surface area contributed by atoms with Crippen LogP contribution in [0.4, 0.5) is 0 Å². The molecular formula is C16H14NO+. The molecule has 0 fully saturated rings. The van der Waals surface area contributed by atoms with Crippen molar-refractivity contribution in [3.05, 3.63) is 66.2 Å². The van der Waals surface area contributed by atoms with E-state index in [1.165, 1.54) is 10.9 Å². The Balaban J connectivity index is 2.03. The second-order valence-corrected chi connectivity index (χ2v) is 4.29. The predicted molar refractivity (Wildman–Crippen MR) is 72.8 cm³/mol. The number of nitrogens with zero attached hydrogens (tertiary/aromatic N) is 1. The number of fused-ring (bicyclic) bond motifs is 1. The Bertz CT molecular complexity index is 696. The maximum Gasteiger partial charge on any atom is 0.212 e. The third kappa shape index (κ3) is 2.05. The number of pyridine rings is 1. The Hall–Kier alpha value is -2.35. The Morgan fingerprint density at radius 2 is 1.94 bits per heavy atom. The van der Waals surface area contributed by atoms with Gasteiger partial charge in [-0.15, -0.1) is 0 Å². The Labute approximate surface area is 106 Å². The molecule has 2 heterocycles. The average molecular weight is 236 g/mol. The van der Waals surface area contributed by atoms with Crippen molar-refractivity contribution in [2.45, 2.75) is 0 Å². The number of hydrogen-bond donors (Lipinski definition) is 0. The number of para-hydroxylation sites is 1. The average Bonchev–Trinajstić information content (AvgIpc) is 2.90. The third-order valence-corrected chi connectivity index (χ3v) is 2.96. The summed E-state index contributed by atoms with van der Waals surface area (Å²) in [5, 5.41) is 1.24. The van der Waals surface area contributed by atoms with Gasteiger partial charge in [-0.2, -0.15) is 0 Å². The fourth-order valence-electron chi connectivity index (χ4n) is 2.10. The van der Waals surface area contributed by atoms with E-state index in [4.69, 9.17) is 4.42 Å². The van der Waals surface area contributed by atoms with E-state index in [9.17, 15) is 0 Å². The van der Waals surface area contributed by atoms with Gasteiger partial charge < -0.3 is 4.42 Å². The normalized spacial score (nSPS) is 11.4. The van der Waals surface area contributed by atoms with E-state index >= 15 is 0 Å². The molecule has 0 unspecified atom stereocenters. The molecule has 0 saturated heterocycles. The lowest BCUT2D eigenvalue weighted by Gasteiger charge is -1.98. The molecule has 2 heteroatoms. The first kappa shape index (κ1) is 10.8. The molecule has 0 aliphatic carbocycles. The standard InChI is InChI=1S/C16H14NO/c1-17-12-13(8-9-15-6-4-10-18-15)11-14-5-2-3-7-16(14)17/h2-12H,1H3/q+1/b9-8+. The number of aryl methyl sites for hydroxylation is 1. The number of aromatic nitrogens is 1. The highest BCUT2D eigenvalue weighted by Crippen LogP contribution is 2.13. The zero-order valence-electron chi connectivity index (χ0n) is 10.2. The van der Waals surface area contributed by atoms with Crippen LogP contribution in [0.2, 0.25) is 0 Å². The molecule has 0 saturated carbocycles. The fourth-order valence-corrected chi connectivity index (χ4v) is 2.10. The first-order valence-corrected chi connectivity index (χ1v) is 5.93. The van der Waals surface area contributed by atoms with E-state index in [0.29, 0.717) is 0 Å². The van der Waals surface area contributed by atoms with Gasteiger partial charge in [0.1, 0.15) is 12.8 Å². The zero-order chi connectivity index (χ0) is 12.4. The number of hydrogen-bond acceptors (Lipinski definition) is 1. The van der Waals surface area contributed by atoms with Crippen LogP contribution in [0.25, 0.3) is 23.1 Å². The van der Waals surface area contributed by atoms with Crippen LogP contribution in [0.5, 0.6) is 0 Å². The molecule has 0 spiro atoms. The Morgan fingerprint density at radius 3 is 2.78 bits per heavy atom. The zero-order valence-corrected chi connectivity index (χ0v) is 10.2. The smallest absolute Gasteiger partial charge is 0.212 e. The van der Waals surface area contributed by atoms with E-state index in [1.807, 2.05) is 18.2 Å². The van der Waals surface area contributed by atoms with Crippen molar-refractivity contribution in [3.8, 4) is 0 Å². The summed E-state index contributed by atoms with van der Waals surface area (Å²) in [7, 11) is 2.06. The maximum absolute atomic E-state index is 5.28. The molecule has 1 aromatic carbocycles. The molecule has 2 nitrogen and oxygen atoms in total. The van der Waals surface area contributed by atoms with Crippen molar-refractivity contribution in [1.82, 2.24) is 0 Å². The molecule has 88 valence electrons. The summed E-state index contributed by atoms with van der Waals surface area (Å²) in [6, 6.07) is 14.4. The number of rotatable bonds is 2. The second kappa shape index (κ2) is 4.49. The molecule has 0 N–H and O–H groups in total. The molecule has 0 bridgehead atoms. The summed E-state index contributed by atoms with van der Waals surface area (Å²) in [6.45, 7) is 0. The minimum Gasteiger partial charge on any atom is -0.465 e. The number of benzene rings is 1. The van der Waals surface area contributed by atoms with E-state index in [2.05, 4.69) is 54.2 Å². The third-order valence-electron chi connectivity index (χ3n) is 2.96. The second-order valence-electron chi connectivity index (χ2n) is 4.29. The summed E-state index contributed by atoms with van der Waals surface area (Å²) >= 11 is 0. The first-order chi connectivity index (χ1) is 8.83. The van der Waals surface area contributed by atoms with Gasteiger partial charge >= 0.3 is 0 Å². The van der Waals surface area contributed by atoms with Crippen LogP contribution in [0.15, 0.2) is 59.3 Å². The molecule has 0 atom stereocenters. The highest BCUT2D eigenvalue weighted by Gasteiger charge is 2.04. The van der Waals surface area contributed by atoms with Crippen LogP contribution in [0, 0.1) is 0 Å². The van der Waals surface area contributed by atoms with Gasteiger partial charge in [0.05, 0.1) is 6.26 Å².